The Balaban J connectivity index is 2.13. The number of carbonyl (C=O) groups excluding carboxylic acids is 1. The van der Waals surface area contributed by atoms with Gasteiger partial charge in [-0.15, -0.1) is 0 Å². The van der Waals surface area contributed by atoms with E-state index in [0.29, 0.717) is 5.56 Å². The summed E-state index contributed by atoms with van der Waals surface area (Å²) in [6.45, 7) is -0.0464. The van der Waals surface area contributed by atoms with Gasteiger partial charge in [0, 0.05) is 19.6 Å². The first-order chi connectivity index (χ1) is 9.45. The zero-order valence-electron chi connectivity index (χ0n) is 11.4. The van der Waals surface area contributed by atoms with Crippen LogP contribution >= 0.6 is 0 Å². The average Bonchev–Trinajstić information content (AvgIpc) is 3.22. The summed E-state index contributed by atoms with van der Waals surface area (Å²) in [5, 5.41) is 2.77. The van der Waals surface area contributed by atoms with E-state index in [9.17, 15) is 13.2 Å². The SMILES string of the molecule is CN(CC(=O)NC1CC1)S(=O)(=O)c1ccccc1CN. The molecule has 7 heteroatoms. The van der Waals surface area contributed by atoms with Crippen LogP contribution in [0.2, 0.25) is 0 Å². The van der Waals surface area contributed by atoms with Gasteiger partial charge in [0.25, 0.3) is 0 Å². The van der Waals surface area contributed by atoms with Crippen molar-refractivity contribution in [3.8, 4) is 0 Å². The van der Waals surface area contributed by atoms with Crippen molar-refractivity contribution in [2.24, 2.45) is 5.73 Å². The van der Waals surface area contributed by atoms with Gasteiger partial charge in [-0.2, -0.15) is 4.31 Å². The van der Waals surface area contributed by atoms with Crippen LogP contribution in [0.4, 0.5) is 0 Å². The van der Waals surface area contributed by atoms with Crippen molar-refractivity contribution < 1.29 is 13.2 Å². The van der Waals surface area contributed by atoms with Crippen LogP contribution in [0.25, 0.3) is 0 Å². The Labute approximate surface area is 119 Å². The average molecular weight is 297 g/mol. The van der Waals surface area contributed by atoms with E-state index < -0.39 is 10.0 Å². The number of carbonyl (C=O) groups is 1. The molecule has 1 aliphatic carbocycles. The maximum atomic E-state index is 12.4. The Morgan fingerprint density at radius 3 is 2.65 bits per heavy atom. The van der Waals surface area contributed by atoms with E-state index >= 15 is 0 Å². The van der Waals surface area contributed by atoms with E-state index in [1.807, 2.05) is 0 Å². The fraction of sp³-hybridized carbons (Fsp3) is 0.462. The number of amides is 1. The van der Waals surface area contributed by atoms with Gasteiger partial charge >= 0.3 is 0 Å². The van der Waals surface area contributed by atoms with Gasteiger partial charge in [-0.05, 0) is 24.5 Å². The summed E-state index contributed by atoms with van der Waals surface area (Å²) in [4.78, 5) is 11.9. The third kappa shape index (κ3) is 3.36. The van der Waals surface area contributed by atoms with Gasteiger partial charge in [-0.3, -0.25) is 4.79 Å². The molecule has 0 bridgehead atoms. The van der Waals surface area contributed by atoms with Crippen LogP contribution in [0.15, 0.2) is 29.2 Å². The lowest BCUT2D eigenvalue weighted by Crippen LogP contribution is -2.39. The van der Waals surface area contributed by atoms with Crippen molar-refractivity contribution in [2.75, 3.05) is 13.6 Å². The van der Waals surface area contributed by atoms with Crippen LogP contribution in [-0.2, 0) is 21.4 Å². The number of hydrogen-bond acceptors (Lipinski definition) is 4. The molecule has 2 rings (SSSR count). The molecular weight excluding hydrogens is 278 g/mol. The number of hydrogen-bond donors (Lipinski definition) is 2. The molecule has 3 N–H and O–H groups in total. The molecule has 0 unspecified atom stereocenters. The van der Waals surface area contributed by atoms with Crippen molar-refractivity contribution in [3.63, 3.8) is 0 Å². The molecule has 20 heavy (non-hydrogen) atoms. The fourth-order valence-corrected chi connectivity index (χ4v) is 3.24. The number of likely N-dealkylation sites (N-methyl/N-ethyl adjacent to an activating group) is 1. The van der Waals surface area contributed by atoms with Crippen LogP contribution in [0.3, 0.4) is 0 Å². The van der Waals surface area contributed by atoms with Gasteiger partial charge in [0.15, 0.2) is 0 Å². The van der Waals surface area contributed by atoms with Crippen LogP contribution in [0.1, 0.15) is 18.4 Å². The summed E-state index contributed by atoms with van der Waals surface area (Å²) in [5.74, 6) is -0.274. The number of sulfonamides is 1. The monoisotopic (exact) mass is 297 g/mol. The zero-order valence-corrected chi connectivity index (χ0v) is 12.2. The molecule has 1 aliphatic rings. The molecular formula is C13H19N3O3S. The molecule has 0 radical (unpaired) electrons. The van der Waals surface area contributed by atoms with E-state index in [1.54, 1.807) is 18.2 Å². The van der Waals surface area contributed by atoms with E-state index in [1.165, 1.54) is 13.1 Å². The molecule has 0 saturated heterocycles. The van der Waals surface area contributed by atoms with Gasteiger partial charge in [-0.25, -0.2) is 8.42 Å². The molecule has 6 nitrogen and oxygen atoms in total. The highest BCUT2D eigenvalue weighted by Gasteiger charge is 2.28. The molecule has 0 heterocycles. The Hall–Kier alpha value is -1.44. The smallest absolute Gasteiger partial charge is 0.243 e. The molecule has 1 amide bonds. The van der Waals surface area contributed by atoms with E-state index in [4.69, 9.17) is 5.73 Å². The summed E-state index contributed by atoms with van der Waals surface area (Å²) in [6.07, 6.45) is 1.94. The first kappa shape index (κ1) is 15.0. The normalized spacial score (nSPS) is 15.3. The predicted molar refractivity (Wildman–Crippen MR) is 75.3 cm³/mol. The summed E-state index contributed by atoms with van der Waals surface area (Å²) in [5.41, 5.74) is 6.10. The first-order valence-electron chi connectivity index (χ1n) is 6.49. The second kappa shape index (κ2) is 5.90. The first-order valence-corrected chi connectivity index (χ1v) is 7.93. The predicted octanol–water partition coefficient (Wildman–Crippen LogP) is 0.0444. The maximum absolute atomic E-state index is 12.4. The minimum atomic E-state index is -3.70. The van der Waals surface area contributed by atoms with Crippen LogP contribution in [-0.4, -0.2) is 38.3 Å². The minimum Gasteiger partial charge on any atom is -0.352 e. The van der Waals surface area contributed by atoms with E-state index in [2.05, 4.69) is 5.32 Å². The molecule has 0 aromatic heterocycles. The van der Waals surface area contributed by atoms with Gasteiger partial charge in [0.1, 0.15) is 0 Å². The summed E-state index contributed by atoms with van der Waals surface area (Å²) in [6, 6.07) is 6.78. The molecule has 0 atom stereocenters. The fourth-order valence-electron chi connectivity index (χ4n) is 1.88. The third-order valence-electron chi connectivity index (χ3n) is 3.19. The number of nitrogens with zero attached hydrogens (tertiary/aromatic N) is 1. The van der Waals surface area contributed by atoms with Gasteiger partial charge in [-0.1, -0.05) is 18.2 Å². The van der Waals surface area contributed by atoms with Gasteiger partial charge < -0.3 is 11.1 Å². The standard InChI is InChI=1S/C13H19N3O3S/c1-16(9-13(17)15-11-6-7-11)20(18,19)12-5-3-2-4-10(12)8-14/h2-5,11H,6-9,14H2,1H3,(H,15,17). The minimum absolute atomic E-state index is 0.136. The van der Waals surface area contributed by atoms with E-state index in [-0.39, 0.29) is 29.9 Å². The second-order valence-corrected chi connectivity index (χ2v) is 6.93. The molecule has 110 valence electrons. The van der Waals surface area contributed by atoms with Crippen LogP contribution in [0.5, 0.6) is 0 Å². The lowest BCUT2D eigenvalue weighted by atomic mass is 10.2. The highest BCUT2D eigenvalue weighted by Crippen LogP contribution is 2.20. The molecule has 1 aromatic carbocycles. The zero-order chi connectivity index (χ0) is 14.8. The Morgan fingerprint density at radius 2 is 2.05 bits per heavy atom. The third-order valence-corrected chi connectivity index (χ3v) is 5.09. The van der Waals surface area contributed by atoms with Crippen molar-refractivity contribution in [1.82, 2.24) is 9.62 Å². The highest BCUT2D eigenvalue weighted by molar-refractivity contribution is 7.89. The molecule has 0 aliphatic heterocycles. The summed E-state index contributed by atoms with van der Waals surface area (Å²) in [7, 11) is -2.30. The molecule has 1 fully saturated rings. The second-order valence-electron chi connectivity index (χ2n) is 4.91. The van der Waals surface area contributed by atoms with Gasteiger partial charge in [0.05, 0.1) is 11.4 Å². The van der Waals surface area contributed by atoms with Crippen LogP contribution in [0, 0.1) is 0 Å². The summed E-state index contributed by atoms with van der Waals surface area (Å²) >= 11 is 0. The topological polar surface area (TPSA) is 92.5 Å². The largest absolute Gasteiger partial charge is 0.352 e. The number of nitrogens with two attached hydrogens (primary N) is 1. The van der Waals surface area contributed by atoms with E-state index in [0.717, 1.165) is 17.1 Å². The molecule has 1 saturated carbocycles. The van der Waals surface area contributed by atoms with Gasteiger partial charge in [0.2, 0.25) is 15.9 Å². The number of nitrogens with one attached hydrogen (secondary N) is 1. The Bertz CT molecular complexity index is 597. The molecule has 0 spiro atoms. The van der Waals surface area contributed by atoms with Crippen molar-refractivity contribution in [1.29, 1.82) is 0 Å². The Morgan fingerprint density at radius 1 is 1.40 bits per heavy atom. The summed E-state index contributed by atoms with van der Waals surface area (Å²) < 4.78 is 25.9. The highest BCUT2D eigenvalue weighted by atomic mass is 32.2. The van der Waals surface area contributed by atoms with Crippen molar-refractivity contribution >= 4 is 15.9 Å². The maximum Gasteiger partial charge on any atom is 0.243 e. The quantitative estimate of drug-likeness (QED) is 0.775. The van der Waals surface area contributed by atoms with Crippen molar-refractivity contribution in [3.05, 3.63) is 29.8 Å². The lowest BCUT2D eigenvalue weighted by molar-refractivity contribution is -0.121. The molecule has 1 aromatic rings. The van der Waals surface area contributed by atoms with Crippen molar-refractivity contribution in [2.45, 2.75) is 30.3 Å². The number of benzene rings is 1. The van der Waals surface area contributed by atoms with Crippen LogP contribution < -0.4 is 11.1 Å². The lowest BCUT2D eigenvalue weighted by Gasteiger charge is -2.18. The number of rotatable bonds is 6. The Kier molecular flexibility index (Phi) is 4.42.